The van der Waals surface area contributed by atoms with Crippen molar-refractivity contribution in [2.45, 2.75) is 6.10 Å². The average molecular weight is 236 g/mol. The Morgan fingerprint density at radius 2 is 2.55 bits per heavy atom. The maximum absolute atomic E-state index is 5.42. The lowest BCUT2D eigenvalue weighted by molar-refractivity contribution is -0.0797. The van der Waals surface area contributed by atoms with Gasteiger partial charge in [0.05, 0.1) is 13.2 Å². The first kappa shape index (κ1) is 7.52. The van der Waals surface area contributed by atoms with Crippen LogP contribution in [0.4, 0.5) is 0 Å². The molecular formula is C6H6BrNO2S. The molecule has 0 unspecified atom stereocenters. The normalized spacial score (nSPS) is 17.9. The lowest BCUT2D eigenvalue weighted by atomic mass is 10.3. The molecule has 1 aliphatic rings. The standard InChI is InChI=1S/C6H6BrNO2S/c7-5-3-11-6(8-5)10-4-1-9-2-4/h3-4H,1-2H2. The van der Waals surface area contributed by atoms with Gasteiger partial charge < -0.3 is 9.47 Å². The van der Waals surface area contributed by atoms with Gasteiger partial charge in [-0.2, -0.15) is 4.98 Å². The van der Waals surface area contributed by atoms with Crippen LogP contribution in [0.1, 0.15) is 0 Å². The Hall–Kier alpha value is -0.130. The van der Waals surface area contributed by atoms with Gasteiger partial charge in [0, 0.05) is 5.38 Å². The van der Waals surface area contributed by atoms with Crippen LogP contribution in [0.15, 0.2) is 9.98 Å². The molecule has 11 heavy (non-hydrogen) atoms. The van der Waals surface area contributed by atoms with E-state index in [1.807, 2.05) is 5.38 Å². The van der Waals surface area contributed by atoms with Crippen molar-refractivity contribution in [3.05, 3.63) is 9.98 Å². The molecule has 1 aromatic rings. The van der Waals surface area contributed by atoms with E-state index in [9.17, 15) is 0 Å². The fourth-order valence-electron chi connectivity index (χ4n) is 0.718. The Balaban J connectivity index is 1.95. The molecule has 2 heterocycles. The summed E-state index contributed by atoms with van der Waals surface area (Å²) in [6.07, 6.45) is 0.216. The summed E-state index contributed by atoms with van der Waals surface area (Å²) in [5, 5.41) is 2.61. The molecule has 1 saturated heterocycles. The highest BCUT2D eigenvalue weighted by atomic mass is 79.9. The van der Waals surface area contributed by atoms with Crippen LogP contribution in [0, 0.1) is 0 Å². The molecule has 0 aliphatic carbocycles. The zero-order valence-corrected chi connectivity index (χ0v) is 8.02. The predicted molar refractivity (Wildman–Crippen MR) is 45.0 cm³/mol. The smallest absolute Gasteiger partial charge is 0.274 e. The molecule has 0 amide bonds. The van der Waals surface area contributed by atoms with E-state index in [2.05, 4.69) is 20.9 Å². The fraction of sp³-hybridized carbons (Fsp3) is 0.500. The molecule has 0 atom stereocenters. The first-order chi connectivity index (χ1) is 5.34. The Morgan fingerprint density at radius 3 is 3.00 bits per heavy atom. The zero-order valence-electron chi connectivity index (χ0n) is 5.62. The minimum atomic E-state index is 0.216. The maximum Gasteiger partial charge on any atom is 0.274 e. The van der Waals surface area contributed by atoms with Crippen LogP contribution in [0.3, 0.4) is 0 Å². The second kappa shape index (κ2) is 3.08. The van der Waals surface area contributed by atoms with Crippen LogP contribution in [-0.4, -0.2) is 24.3 Å². The van der Waals surface area contributed by atoms with Gasteiger partial charge in [0.1, 0.15) is 10.7 Å². The number of ether oxygens (including phenoxy) is 2. The van der Waals surface area contributed by atoms with Crippen molar-refractivity contribution in [1.82, 2.24) is 4.98 Å². The van der Waals surface area contributed by atoms with Gasteiger partial charge in [0.25, 0.3) is 5.19 Å². The van der Waals surface area contributed by atoms with Gasteiger partial charge in [-0.3, -0.25) is 0 Å². The highest BCUT2D eigenvalue weighted by Gasteiger charge is 2.21. The van der Waals surface area contributed by atoms with Gasteiger partial charge in [-0.1, -0.05) is 11.3 Å². The summed E-state index contributed by atoms with van der Waals surface area (Å²) in [4.78, 5) is 4.09. The zero-order chi connectivity index (χ0) is 7.68. The molecule has 0 radical (unpaired) electrons. The van der Waals surface area contributed by atoms with Crippen molar-refractivity contribution >= 4 is 27.3 Å². The predicted octanol–water partition coefficient (Wildman–Crippen LogP) is 1.68. The quantitative estimate of drug-likeness (QED) is 0.782. The molecule has 3 nitrogen and oxygen atoms in total. The van der Waals surface area contributed by atoms with Gasteiger partial charge in [-0.15, -0.1) is 0 Å². The second-order valence-corrected chi connectivity index (χ2v) is 3.85. The summed E-state index contributed by atoms with van der Waals surface area (Å²) in [5.74, 6) is 0. The van der Waals surface area contributed by atoms with Crippen molar-refractivity contribution in [3.8, 4) is 5.19 Å². The van der Waals surface area contributed by atoms with E-state index in [0.29, 0.717) is 18.4 Å². The third-order valence-corrected chi connectivity index (χ3v) is 2.77. The van der Waals surface area contributed by atoms with Crippen LogP contribution < -0.4 is 4.74 Å². The highest BCUT2D eigenvalue weighted by molar-refractivity contribution is 9.10. The second-order valence-electron chi connectivity index (χ2n) is 2.21. The molecule has 60 valence electrons. The number of thiazole rings is 1. The number of rotatable bonds is 2. The van der Waals surface area contributed by atoms with E-state index in [0.717, 1.165) is 4.60 Å². The van der Waals surface area contributed by atoms with Crippen molar-refractivity contribution in [1.29, 1.82) is 0 Å². The van der Waals surface area contributed by atoms with Crippen LogP contribution in [0.2, 0.25) is 0 Å². The van der Waals surface area contributed by atoms with Crippen molar-refractivity contribution in [2.75, 3.05) is 13.2 Å². The molecule has 0 N–H and O–H groups in total. The number of aromatic nitrogens is 1. The summed E-state index contributed by atoms with van der Waals surface area (Å²) >= 11 is 4.74. The Kier molecular flexibility index (Phi) is 2.11. The van der Waals surface area contributed by atoms with E-state index in [-0.39, 0.29) is 6.10 Å². The van der Waals surface area contributed by atoms with Gasteiger partial charge >= 0.3 is 0 Å². The van der Waals surface area contributed by atoms with Crippen molar-refractivity contribution < 1.29 is 9.47 Å². The average Bonchev–Trinajstić information content (AvgIpc) is 2.27. The van der Waals surface area contributed by atoms with E-state index in [1.165, 1.54) is 11.3 Å². The number of hydrogen-bond acceptors (Lipinski definition) is 4. The van der Waals surface area contributed by atoms with Crippen LogP contribution in [0.5, 0.6) is 5.19 Å². The third kappa shape index (κ3) is 1.72. The number of hydrogen-bond donors (Lipinski definition) is 0. The molecule has 0 spiro atoms. The summed E-state index contributed by atoms with van der Waals surface area (Å²) in [5.41, 5.74) is 0. The van der Waals surface area contributed by atoms with Crippen LogP contribution >= 0.6 is 27.3 Å². The SMILES string of the molecule is Brc1csc(OC2COC2)n1. The molecule has 0 saturated carbocycles. The molecular weight excluding hydrogens is 230 g/mol. The fourth-order valence-corrected chi connectivity index (χ4v) is 1.87. The van der Waals surface area contributed by atoms with Crippen molar-refractivity contribution in [2.24, 2.45) is 0 Å². The molecule has 0 bridgehead atoms. The highest BCUT2D eigenvalue weighted by Crippen LogP contribution is 2.23. The van der Waals surface area contributed by atoms with Crippen molar-refractivity contribution in [3.63, 3.8) is 0 Å². The van der Waals surface area contributed by atoms with Crippen LogP contribution in [0.25, 0.3) is 0 Å². The van der Waals surface area contributed by atoms with Gasteiger partial charge in [-0.05, 0) is 15.9 Å². The van der Waals surface area contributed by atoms with Gasteiger partial charge in [0.15, 0.2) is 0 Å². The van der Waals surface area contributed by atoms with Crippen LogP contribution in [-0.2, 0) is 4.74 Å². The molecule has 1 fully saturated rings. The number of nitrogens with zero attached hydrogens (tertiary/aromatic N) is 1. The lowest BCUT2D eigenvalue weighted by Gasteiger charge is -2.25. The molecule has 5 heteroatoms. The summed E-state index contributed by atoms with van der Waals surface area (Å²) in [6, 6.07) is 0. The maximum atomic E-state index is 5.42. The monoisotopic (exact) mass is 235 g/mol. The minimum absolute atomic E-state index is 0.216. The van der Waals surface area contributed by atoms with E-state index < -0.39 is 0 Å². The number of halogens is 1. The molecule has 2 rings (SSSR count). The summed E-state index contributed by atoms with van der Waals surface area (Å²) < 4.78 is 11.2. The summed E-state index contributed by atoms with van der Waals surface area (Å²) in [6.45, 7) is 1.38. The van der Waals surface area contributed by atoms with E-state index in [1.54, 1.807) is 0 Å². The third-order valence-electron chi connectivity index (χ3n) is 1.33. The molecule has 1 aliphatic heterocycles. The Bertz CT molecular complexity index is 248. The van der Waals surface area contributed by atoms with E-state index >= 15 is 0 Å². The lowest BCUT2D eigenvalue weighted by Crippen LogP contribution is -2.38. The van der Waals surface area contributed by atoms with Gasteiger partial charge in [-0.25, -0.2) is 0 Å². The molecule has 1 aromatic heterocycles. The first-order valence-electron chi connectivity index (χ1n) is 3.20. The largest absolute Gasteiger partial charge is 0.462 e. The molecule has 0 aromatic carbocycles. The Labute approximate surface area is 76.5 Å². The van der Waals surface area contributed by atoms with Gasteiger partial charge in [0.2, 0.25) is 0 Å². The first-order valence-corrected chi connectivity index (χ1v) is 4.87. The minimum Gasteiger partial charge on any atom is -0.462 e. The Morgan fingerprint density at radius 1 is 1.73 bits per heavy atom. The summed E-state index contributed by atoms with van der Waals surface area (Å²) in [7, 11) is 0. The van der Waals surface area contributed by atoms with E-state index in [4.69, 9.17) is 9.47 Å². The topological polar surface area (TPSA) is 31.4 Å².